The molecule has 1 atom stereocenters. The predicted octanol–water partition coefficient (Wildman–Crippen LogP) is 2.71. The van der Waals surface area contributed by atoms with Crippen molar-refractivity contribution >= 4 is 21.8 Å². The average molecular weight is 295 g/mol. The van der Waals surface area contributed by atoms with Crippen LogP contribution in [-0.2, 0) is 0 Å². The molecule has 0 saturated carbocycles. The van der Waals surface area contributed by atoms with Gasteiger partial charge in [0.25, 0.3) is 5.91 Å². The van der Waals surface area contributed by atoms with Crippen molar-refractivity contribution in [2.45, 2.75) is 13.3 Å². The Morgan fingerprint density at radius 3 is 2.65 bits per heavy atom. The summed E-state index contributed by atoms with van der Waals surface area (Å²) in [6.45, 7) is 2.77. The van der Waals surface area contributed by atoms with Gasteiger partial charge in [0.15, 0.2) is 0 Å². The van der Waals surface area contributed by atoms with E-state index in [0.29, 0.717) is 23.6 Å². The van der Waals surface area contributed by atoms with Crippen molar-refractivity contribution in [1.82, 2.24) is 5.32 Å². The third-order valence-corrected chi connectivity index (χ3v) is 2.95. The average Bonchev–Trinajstić information content (AvgIpc) is 2.36. The van der Waals surface area contributed by atoms with Gasteiger partial charge in [-0.05, 0) is 36.6 Å². The lowest BCUT2D eigenvalue weighted by Gasteiger charge is -2.10. The van der Waals surface area contributed by atoms with E-state index in [9.17, 15) is 4.79 Å². The summed E-state index contributed by atoms with van der Waals surface area (Å²) in [5.41, 5.74) is 1.16. The quantitative estimate of drug-likeness (QED) is 0.849. The van der Waals surface area contributed by atoms with Gasteiger partial charge in [-0.1, -0.05) is 22.9 Å². The molecule has 1 aromatic rings. The number of rotatable bonds is 5. The minimum absolute atomic E-state index is 0.0871. The minimum atomic E-state index is -0.0871. The highest BCUT2D eigenvalue weighted by Gasteiger charge is 2.07. The Bertz CT molecular complexity index is 408. The summed E-state index contributed by atoms with van der Waals surface area (Å²) in [6.07, 6.45) is 1.04. The molecule has 0 spiro atoms. The monoisotopic (exact) mass is 294 g/mol. The first-order valence-corrected chi connectivity index (χ1v) is 6.64. The second kappa shape index (κ2) is 7.08. The Labute approximate surface area is 110 Å². The lowest BCUT2D eigenvalue weighted by atomic mass is 10.1. The number of carbonyl (C=O) groups is 1. The highest BCUT2D eigenvalue weighted by molar-refractivity contribution is 9.09. The summed E-state index contributed by atoms with van der Waals surface area (Å²) in [4.78, 5) is 11.7. The second-order valence-electron chi connectivity index (χ2n) is 3.98. The molecule has 1 N–H and O–H groups in total. The maximum atomic E-state index is 11.7. The van der Waals surface area contributed by atoms with Gasteiger partial charge in [-0.2, -0.15) is 5.26 Å². The SMILES string of the molecule is CC(CCBr)CNC(=O)c1ccc(C#N)cc1. The van der Waals surface area contributed by atoms with Gasteiger partial charge in [0, 0.05) is 17.4 Å². The Balaban J connectivity index is 2.50. The molecule has 0 saturated heterocycles. The zero-order chi connectivity index (χ0) is 12.7. The third kappa shape index (κ3) is 4.58. The number of hydrogen-bond acceptors (Lipinski definition) is 2. The fourth-order valence-electron chi connectivity index (χ4n) is 1.35. The molecule has 17 heavy (non-hydrogen) atoms. The summed E-state index contributed by atoms with van der Waals surface area (Å²) in [7, 11) is 0. The third-order valence-electron chi connectivity index (χ3n) is 2.49. The van der Waals surface area contributed by atoms with Crippen LogP contribution in [0.4, 0.5) is 0 Å². The lowest BCUT2D eigenvalue weighted by Crippen LogP contribution is -2.28. The van der Waals surface area contributed by atoms with E-state index in [0.717, 1.165) is 11.8 Å². The number of nitriles is 1. The molecule has 1 unspecified atom stereocenters. The fraction of sp³-hybridized carbons (Fsp3) is 0.385. The van der Waals surface area contributed by atoms with E-state index in [1.165, 1.54) is 0 Å². The number of alkyl halides is 1. The van der Waals surface area contributed by atoms with Crippen LogP contribution < -0.4 is 5.32 Å². The van der Waals surface area contributed by atoms with Crippen LogP contribution in [0.1, 0.15) is 29.3 Å². The number of amides is 1. The van der Waals surface area contributed by atoms with Crippen LogP contribution in [0.2, 0.25) is 0 Å². The van der Waals surface area contributed by atoms with Gasteiger partial charge in [0.05, 0.1) is 11.6 Å². The van der Waals surface area contributed by atoms with Gasteiger partial charge in [-0.3, -0.25) is 4.79 Å². The van der Waals surface area contributed by atoms with Crippen LogP contribution >= 0.6 is 15.9 Å². The summed E-state index contributed by atoms with van der Waals surface area (Å²) in [5.74, 6) is 0.368. The van der Waals surface area contributed by atoms with E-state index in [1.54, 1.807) is 24.3 Å². The van der Waals surface area contributed by atoms with Crippen molar-refractivity contribution in [2.24, 2.45) is 5.92 Å². The molecular weight excluding hydrogens is 280 g/mol. The van der Waals surface area contributed by atoms with Gasteiger partial charge in [0.2, 0.25) is 0 Å². The Kier molecular flexibility index (Phi) is 5.71. The fourth-order valence-corrected chi connectivity index (χ4v) is 2.14. The molecule has 1 amide bonds. The van der Waals surface area contributed by atoms with Crippen LogP contribution in [0.5, 0.6) is 0 Å². The van der Waals surface area contributed by atoms with Crippen molar-refractivity contribution in [1.29, 1.82) is 5.26 Å². The number of carbonyl (C=O) groups excluding carboxylic acids is 1. The number of benzene rings is 1. The first kappa shape index (κ1) is 13.7. The van der Waals surface area contributed by atoms with Gasteiger partial charge in [-0.15, -0.1) is 0 Å². The molecule has 0 aliphatic rings. The minimum Gasteiger partial charge on any atom is -0.352 e. The standard InChI is InChI=1S/C13H15BrN2O/c1-10(6-7-14)9-16-13(17)12-4-2-11(8-15)3-5-12/h2-5,10H,6-7,9H2,1H3,(H,16,17). The molecule has 1 rings (SSSR count). The predicted molar refractivity (Wildman–Crippen MR) is 71.1 cm³/mol. The molecule has 0 heterocycles. The largest absolute Gasteiger partial charge is 0.352 e. The van der Waals surface area contributed by atoms with Crippen LogP contribution in [-0.4, -0.2) is 17.8 Å². The topological polar surface area (TPSA) is 52.9 Å². The van der Waals surface area contributed by atoms with E-state index < -0.39 is 0 Å². The second-order valence-corrected chi connectivity index (χ2v) is 4.78. The van der Waals surface area contributed by atoms with Crippen LogP contribution in [0.15, 0.2) is 24.3 Å². The smallest absolute Gasteiger partial charge is 0.251 e. The number of nitrogens with zero attached hydrogens (tertiary/aromatic N) is 1. The van der Waals surface area contributed by atoms with Gasteiger partial charge >= 0.3 is 0 Å². The summed E-state index contributed by atoms with van der Waals surface area (Å²) < 4.78 is 0. The molecule has 0 radical (unpaired) electrons. The van der Waals surface area contributed by atoms with Crippen molar-refractivity contribution in [3.8, 4) is 6.07 Å². The molecule has 0 aliphatic carbocycles. The zero-order valence-electron chi connectivity index (χ0n) is 9.74. The summed E-state index contributed by atoms with van der Waals surface area (Å²) >= 11 is 3.37. The molecule has 4 heteroatoms. The summed E-state index contributed by atoms with van der Waals surface area (Å²) in [6, 6.07) is 8.66. The van der Waals surface area contributed by atoms with E-state index >= 15 is 0 Å². The zero-order valence-corrected chi connectivity index (χ0v) is 11.3. The first-order chi connectivity index (χ1) is 8.17. The van der Waals surface area contributed by atoms with Crippen molar-refractivity contribution in [3.63, 3.8) is 0 Å². The van der Waals surface area contributed by atoms with Crippen LogP contribution in [0.3, 0.4) is 0 Å². The Morgan fingerprint density at radius 1 is 1.47 bits per heavy atom. The molecular formula is C13H15BrN2O. The first-order valence-electron chi connectivity index (χ1n) is 5.51. The van der Waals surface area contributed by atoms with Crippen LogP contribution in [0.25, 0.3) is 0 Å². The normalized spacial score (nSPS) is 11.6. The highest BCUT2D eigenvalue weighted by atomic mass is 79.9. The van der Waals surface area contributed by atoms with Crippen molar-refractivity contribution in [2.75, 3.05) is 11.9 Å². The molecule has 0 aliphatic heterocycles. The van der Waals surface area contributed by atoms with Crippen molar-refractivity contribution in [3.05, 3.63) is 35.4 Å². The van der Waals surface area contributed by atoms with E-state index in [1.807, 2.05) is 6.07 Å². The molecule has 3 nitrogen and oxygen atoms in total. The highest BCUT2D eigenvalue weighted by Crippen LogP contribution is 2.05. The van der Waals surface area contributed by atoms with E-state index in [2.05, 4.69) is 28.2 Å². The van der Waals surface area contributed by atoms with Crippen LogP contribution in [0, 0.1) is 17.2 Å². The Morgan fingerprint density at radius 2 is 2.12 bits per heavy atom. The Hall–Kier alpha value is -1.34. The number of halogens is 1. The molecule has 1 aromatic carbocycles. The number of nitrogens with one attached hydrogen (secondary N) is 1. The number of hydrogen-bond donors (Lipinski definition) is 1. The molecule has 0 aromatic heterocycles. The van der Waals surface area contributed by atoms with Gasteiger partial charge in [-0.25, -0.2) is 0 Å². The molecule has 0 fully saturated rings. The van der Waals surface area contributed by atoms with E-state index in [-0.39, 0.29) is 5.91 Å². The molecule has 90 valence electrons. The van der Waals surface area contributed by atoms with Crippen molar-refractivity contribution < 1.29 is 4.79 Å². The maximum absolute atomic E-state index is 11.7. The van der Waals surface area contributed by atoms with E-state index in [4.69, 9.17) is 5.26 Å². The van der Waals surface area contributed by atoms with Gasteiger partial charge in [0.1, 0.15) is 0 Å². The molecule has 0 bridgehead atoms. The summed E-state index contributed by atoms with van der Waals surface area (Å²) in [5, 5.41) is 12.5. The lowest BCUT2D eigenvalue weighted by molar-refractivity contribution is 0.0948. The van der Waals surface area contributed by atoms with Gasteiger partial charge < -0.3 is 5.32 Å². The maximum Gasteiger partial charge on any atom is 0.251 e.